The van der Waals surface area contributed by atoms with E-state index in [1.807, 2.05) is 48.5 Å². The molecule has 0 aliphatic rings. The Labute approximate surface area is 271 Å². The first-order chi connectivity index (χ1) is 23.3. The molecule has 9 aromatic rings. The van der Waals surface area contributed by atoms with Gasteiger partial charge in [-0.15, -0.1) is 0 Å². The molecular formula is C43H27N3O. The van der Waals surface area contributed by atoms with Crippen molar-refractivity contribution in [2.75, 3.05) is 0 Å². The quantitative estimate of drug-likeness (QED) is 0.197. The molecule has 4 heteroatoms. The number of rotatable bonds is 5. The summed E-state index contributed by atoms with van der Waals surface area (Å²) in [4.78, 5) is 14.9. The lowest BCUT2D eigenvalue weighted by Gasteiger charge is -2.10. The summed E-state index contributed by atoms with van der Waals surface area (Å²) in [5, 5.41) is 4.49. The number of nitrogens with zero attached hydrogens (tertiary/aromatic N) is 3. The van der Waals surface area contributed by atoms with E-state index < -0.39 is 0 Å². The van der Waals surface area contributed by atoms with Crippen LogP contribution >= 0.6 is 0 Å². The van der Waals surface area contributed by atoms with Gasteiger partial charge >= 0.3 is 0 Å². The van der Waals surface area contributed by atoms with Crippen LogP contribution in [0.1, 0.15) is 0 Å². The van der Waals surface area contributed by atoms with Crippen LogP contribution < -0.4 is 0 Å². The SMILES string of the molecule is c1ccc(-c2ccc(-c3nc(-c4ccccc4)nc(-c4cccc(-c5ccc6ccc7c8ccccc8oc7c6c5)c4)n3)cc2)cc1. The summed E-state index contributed by atoms with van der Waals surface area (Å²) in [6, 6.07) is 56.4. The van der Waals surface area contributed by atoms with Crippen LogP contribution in [0, 0.1) is 0 Å². The van der Waals surface area contributed by atoms with E-state index >= 15 is 0 Å². The number of hydrogen-bond acceptors (Lipinski definition) is 4. The van der Waals surface area contributed by atoms with Gasteiger partial charge in [-0.05, 0) is 51.9 Å². The number of para-hydroxylation sites is 1. The van der Waals surface area contributed by atoms with Crippen molar-refractivity contribution >= 4 is 32.7 Å². The van der Waals surface area contributed by atoms with E-state index in [1.54, 1.807) is 0 Å². The standard InChI is InChI=1S/C43H27N3O/c1-3-10-28(11-4-1)29-18-21-32(22-19-29)42-44-41(31-12-5-2-6-13-31)45-43(46-42)35-15-9-14-33(26-35)34-23-20-30-24-25-37-36-16-7-8-17-39(36)47-40(37)38(30)27-34/h1-27H. The van der Waals surface area contributed by atoms with Gasteiger partial charge in [-0.2, -0.15) is 0 Å². The van der Waals surface area contributed by atoms with Gasteiger partial charge in [0.25, 0.3) is 0 Å². The molecule has 0 saturated heterocycles. The molecule has 2 heterocycles. The van der Waals surface area contributed by atoms with Crippen molar-refractivity contribution in [1.29, 1.82) is 0 Å². The highest BCUT2D eigenvalue weighted by Gasteiger charge is 2.15. The maximum absolute atomic E-state index is 6.37. The van der Waals surface area contributed by atoms with E-state index in [9.17, 15) is 0 Å². The molecule has 0 bridgehead atoms. The molecule has 9 rings (SSSR count). The Bertz CT molecular complexity index is 2550. The summed E-state index contributed by atoms with van der Waals surface area (Å²) in [7, 11) is 0. The van der Waals surface area contributed by atoms with Crippen molar-refractivity contribution in [1.82, 2.24) is 15.0 Å². The lowest BCUT2D eigenvalue weighted by molar-refractivity contribution is 0.672. The molecule has 4 nitrogen and oxygen atoms in total. The van der Waals surface area contributed by atoms with Gasteiger partial charge in [0, 0.05) is 32.8 Å². The van der Waals surface area contributed by atoms with Crippen LogP contribution in [-0.2, 0) is 0 Å². The van der Waals surface area contributed by atoms with Crippen LogP contribution in [0.25, 0.3) is 89.1 Å². The topological polar surface area (TPSA) is 51.8 Å². The second-order valence-corrected chi connectivity index (χ2v) is 11.7. The molecular weight excluding hydrogens is 574 g/mol. The summed E-state index contributed by atoms with van der Waals surface area (Å²) in [6.45, 7) is 0. The van der Waals surface area contributed by atoms with Crippen molar-refractivity contribution in [3.63, 3.8) is 0 Å². The second-order valence-electron chi connectivity index (χ2n) is 11.7. The fourth-order valence-corrected chi connectivity index (χ4v) is 6.31. The molecule has 0 amide bonds. The average molecular weight is 602 g/mol. The molecule has 0 N–H and O–H groups in total. The Kier molecular flexibility index (Phi) is 6.43. The van der Waals surface area contributed by atoms with Crippen molar-refractivity contribution in [3.8, 4) is 56.4 Å². The minimum atomic E-state index is 0.628. The Morgan fingerprint density at radius 2 is 0.830 bits per heavy atom. The number of fused-ring (bicyclic) bond motifs is 5. The fraction of sp³-hybridized carbons (Fsp3) is 0. The zero-order valence-electron chi connectivity index (χ0n) is 25.3. The normalized spacial score (nSPS) is 11.4. The summed E-state index contributed by atoms with van der Waals surface area (Å²) in [6.07, 6.45) is 0. The molecule has 47 heavy (non-hydrogen) atoms. The van der Waals surface area contributed by atoms with Crippen LogP contribution in [0.2, 0.25) is 0 Å². The predicted molar refractivity (Wildman–Crippen MR) is 192 cm³/mol. The monoisotopic (exact) mass is 601 g/mol. The third-order valence-electron chi connectivity index (χ3n) is 8.73. The molecule has 0 atom stereocenters. The van der Waals surface area contributed by atoms with E-state index in [-0.39, 0.29) is 0 Å². The molecule has 0 aliphatic heterocycles. The Morgan fingerprint density at radius 1 is 0.319 bits per heavy atom. The molecule has 0 radical (unpaired) electrons. The smallest absolute Gasteiger partial charge is 0.164 e. The van der Waals surface area contributed by atoms with Gasteiger partial charge in [0.15, 0.2) is 17.5 Å². The molecule has 220 valence electrons. The first-order valence-electron chi connectivity index (χ1n) is 15.7. The van der Waals surface area contributed by atoms with E-state index in [0.29, 0.717) is 17.5 Å². The maximum Gasteiger partial charge on any atom is 0.164 e. The van der Waals surface area contributed by atoms with Crippen molar-refractivity contribution in [2.45, 2.75) is 0 Å². The van der Waals surface area contributed by atoms with E-state index in [0.717, 1.165) is 66.1 Å². The zero-order valence-corrected chi connectivity index (χ0v) is 25.3. The van der Waals surface area contributed by atoms with Crippen LogP contribution in [0.15, 0.2) is 168 Å². The van der Waals surface area contributed by atoms with Gasteiger partial charge < -0.3 is 4.42 Å². The lowest BCUT2D eigenvalue weighted by Crippen LogP contribution is -2.00. The Balaban J connectivity index is 1.15. The number of aromatic nitrogens is 3. The van der Waals surface area contributed by atoms with Gasteiger partial charge in [-0.3, -0.25) is 0 Å². The molecule has 0 saturated carbocycles. The molecule has 0 spiro atoms. The summed E-state index contributed by atoms with van der Waals surface area (Å²) in [5.41, 5.74) is 9.11. The zero-order chi connectivity index (χ0) is 31.2. The molecule has 7 aromatic carbocycles. The highest BCUT2D eigenvalue weighted by atomic mass is 16.3. The minimum absolute atomic E-state index is 0.628. The molecule has 0 aliphatic carbocycles. The van der Waals surface area contributed by atoms with Crippen molar-refractivity contribution in [3.05, 3.63) is 164 Å². The molecule has 0 unspecified atom stereocenters. The fourth-order valence-electron chi connectivity index (χ4n) is 6.31. The Hall–Kier alpha value is -6.39. The Morgan fingerprint density at radius 3 is 1.60 bits per heavy atom. The highest BCUT2D eigenvalue weighted by molar-refractivity contribution is 6.15. The van der Waals surface area contributed by atoms with Gasteiger partial charge in [-0.1, -0.05) is 140 Å². The van der Waals surface area contributed by atoms with Gasteiger partial charge in [0.05, 0.1) is 0 Å². The first kappa shape index (κ1) is 27.0. The highest BCUT2D eigenvalue weighted by Crippen LogP contribution is 2.36. The third kappa shape index (κ3) is 4.93. The van der Waals surface area contributed by atoms with Crippen LogP contribution in [0.3, 0.4) is 0 Å². The maximum atomic E-state index is 6.37. The van der Waals surface area contributed by atoms with E-state index in [4.69, 9.17) is 19.4 Å². The largest absolute Gasteiger partial charge is 0.455 e. The number of furan rings is 1. The predicted octanol–water partition coefficient (Wildman–Crippen LogP) is 11.3. The second kappa shape index (κ2) is 11.2. The molecule has 2 aromatic heterocycles. The van der Waals surface area contributed by atoms with Gasteiger partial charge in [-0.25, -0.2) is 15.0 Å². The van der Waals surface area contributed by atoms with E-state index in [2.05, 4.69) is 115 Å². The van der Waals surface area contributed by atoms with E-state index in [1.165, 1.54) is 5.56 Å². The molecule has 0 fully saturated rings. The first-order valence-corrected chi connectivity index (χ1v) is 15.7. The minimum Gasteiger partial charge on any atom is -0.455 e. The lowest BCUT2D eigenvalue weighted by atomic mass is 9.98. The van der Waals surface area contributed by atoms with Crippen LogP contribution in [0.4, 0.5) is 0 Å². The summed E-state index contributed by atoms with van der Waals surface area (Å²) < 4.78 is 6.37. The third-order valence-corrected chi connectivity index (χ3v) is 8.73. The average Bonchev–Trinajstić information content (AvgIpc) is 3.55. The van der Waals surface area contributed by atoms with Crippen molar-refractivity contribution in [2.24, 2.45) is 0 Å². The number of hydrogen-bond donors (Lipinski definition) is 0. The van der Waals surface area contributed by atoms with Crippen LogP contribution in [-0.4, -0.2) is 15.0 Å². The van der Waals surface area contributed by atoms with Gasteiger partial charge in [0.1, 0.15) is 11.2 Å². The van der Waals surface area contributed by atoms with Crippen LogP contribution in [0.5, 0.6) is 0 Å². The number of benzene rings is 7. The van der Waals surface area contributed by atoms with Crippen molar-refractivity contribution < 1.29 is 4.42 Å². The van der Waals surface area contributed by atoms with Gasteiger partial charge in [0.2, 0.25) is 0 Å². The summed E-state index contributed by atoms with van der Waals surface area (Å²) in [5.74, 6) is 1.90. The summed E-state index contributed by atoms with van der Waals surface area (Å²) >= 11 is 0.